The molecular formula is C16H18N4O. The summed E-state index contributed by atoms with van der Waals surface area (Å²) >= 11 is 0. The summed E-state index contributed by atoms with van der Waals surface area (Å²) in [4.78, 5) is 20.5. The Kier molecular flexibility index (Phi) is 3.56. The molecule has 3 N–H and O–H groups in total. The van der Waals surface area contributed by atoms with E-state index in [9.17, 15) is 4.79 Å². The molecule has 0 bridgehead atoms. The molecule has 5 nitrogen and oxygen atoms in total. The van der Waals surface area contributed by atoms with Crippen molar-refractivity contribution in [1.29, 1.82) is 0 Å². The molecule has 0 aliphatic heterocycles. The van der Waals surface area contributed by atoms with Crippen molar-refractivity contribution in [2.24, 2.45) is 0 Å². The number of amides is 1. The van der Waals surface area contributed by atoms with Crippen molar-refractivity contribution in [2.75, 3.05) is 5.73 Å². The highest BCUT2D eigenvalue weighted by molar-refractivity contribution is 5.95. The molecule has 3 rings (SSSR count). The van der Waals surface area contributed by atoms with Crippen LogP contribution in [0.15, 0.2) is 30.3 Å². The second-order valence-electron chi connectivity index (χ2n) is 5.43. The third-order valence-electron chi connectivity index (χ3n) is 3.73. The molecule has 0 spiro atoms. The minimum Gasteiger partial charge on any atom is -0.368 e. The second-order valence-corrected chi connectivity index (χ2v) is 5.43. The van der Waals surface area contributed by atoms with E-state index in [1.807, 2.05) is 37.3 Å². The number of nitrogens with zero attached hydrogens (tertiary/aromatic N) is 2. The van der Waals surface area contributed by atoms with Gasteiger partial charge in [0.1, 0.15) is 0 Å². The van der Waals surface area contributed by atoms with Crippen molar-refractivity contribution in [3.63, 3.8) is 0 Å². The third kappa shape index (κ3) is 3.02. The second kappa shape index (κ2) is 5.52. The van der Waals surface area contributed by atoms with Crippen molar-refractivity contribution < 1.29 is 4.79 Å². The number of hydrogen-bond acceptors (Lipinski definition) is 4. The maximum atomic E-state index is 12.2. The topological polar surface area (TPSA) is 80.9 Å². The molecular weight excluding hydrogens is 264 g/mol. The molecule has 21 heavy (non-hydrogen) atoms. The lowest BCUT2D eigenvalue weighted by Crippen LogP contribution is -2.39. The predicted octanol–water partition coefficient (Wildman–Crippen LogP) is 2.32. The molecule has 2 aromatic rings. The van der Waals surface area contributed by atoms with E-state index < -0.39 is 0 Å². The fraction of sp³-hybridized carbons (Fsp3) is 0.312. The highest BCUT2D eigenvalue weighted by Crippen LogP contribution is 2.21. The van der Waals surface area contributed by atoms with Gasteiger partial charge in [-0.1, -0.05) is 12.1 Å². The van der Waals surface area contributed by atoms with Gasteiger partial charge in [0.15, 0.2) is 0 Å². The minimum absolute atomic E-state index is 0.0275. The molecule has 1 fully saturated rings. The summed E-state index contributed by atoms with van der Waals surface area (Å²) < 4.78 is 0. The summed E-state index contributed by atoms with van der Waals surface area (Å²) in [6, 6.07) is 9.63. The van der Waals surface area contributed by atoms with Crippen LogP contribution in [0.3, 0.4) is 0 Å². The number of aryl methyl sites for hydroxylation is 1. The molecule has 1 amide bonds. The van der Waals surface area contributed by atoms with E-state index in [4.69, 9.17) is 5.73 Å². The summed E-state index contributed by atoms with van der Waals surface area (Å²) in [5.41, 5.74) is 8.74. The number of nitrogen functional groups attached to an aromatic ring is 1. The van der Waals surface area contributed by atoms with Crippen LogP contribution in [0.1, 0.15) is 35.3 Å². The van der Waals surface area contributed by atoms with Crippen LogP contribution in [0.2, 0.25) is 0 Å². The Labute approximate surface area is 123 Å². The average Bonchev–Trinajstić information content (AvgIpc) is 2.42. The molecule has 108 valence electrons. The summed E-state index contributed by atoms with van der Waals surface area (Å²) in [5.74, 6) is 0.217. The zero-order valence-electron chi connectivity index (χ0n) is 12.0. The minimum atomic E-state index is -0.0275. The van der Waals surface area contributed by atoms with Crippen LogP contribution >= 0.6 is 0 Å². The highest BCUT2D eigenvalue weighted by Gasteiger charge is 2.20. The SMILES string of the molecule is Cc1cc(-c2cccc(C(=O)NC3CCC3)c2)nc(N)n1. The first-order valence-corrected chi connectivity index (χ1v) is 7.14. The number of rotatable bonds is 3. The van der Waals surface area contributed by atoms with E-state index in [0.717, 1.165) is 29.8 Å². The fourth-order valence-corrected chi connectivity index (χ4v) is 2.38. The van der Waals surface area contributed by atoms with Gasteiger partial charge < -0.3 is 11.1 Å². The van der Waals surface area contributed by atoms with Crippen LogP contribution in [-0.2, 0) is 0 Å². The van der Waals surface area contributed by atoms with Gasteiger partial charge in [-0.2, -0.15) is 0 Å². The molecule has 0 radical (unpaired) electrons. The molecule has 1 heterocycles. The first-order valence-electron chi connectivity index (χ1n) is 7.14. The lowest BCUT2D eigenvalue weighted by molar-refractivity contribution is 0.0917. The van der Waals surface area contributed by atoms with Crippen molar-refractivity contribution >= 4 is 11.9 Å². The van der Waals surface area contributed by atoms with Gasteiger partial charge in [0.2, 0.25) is 5.95 Å². The summed E-state index contributed by atoms with van der Waals surface area (Å²) in [7, 11) is 0. The molecule has 0 unspecified atom stereocenters. The molecule has 1 aromatic heterocycles. The number of benzene rings is 1. The number of aromatic nitrogens is 2. The Balaban J connectivity index is 1.86. The van der Waals surface area contributed by atoms with Gasteiger partial charge in [-0.25, -0.2) is 9.97 Å². The Morgan fingerprint density at radius 2 is 2.10 bits per heavy atom. The highest BCUT2D eigenvalue weighted by atomic mass is 16.1. The first-order chi connectivity index (χ1) is 10.1. The smallest absolute Gasteiger partial charge is 0.251 e. The number of anilines is 1. The summed E-state index contributed by atoms with van der Waals surface area (Å²) in [6.07, 6.45) is 3.35. The lowest BCUT2D eigenvalue weighted by atomic mass is 9.93. The molecule has 1 aliphatic rings. The first kappa shape index (κ1) is 13.5. The number of nitrogens with two attached hydrogens (primary N) is 1. The van der Waals surface area contributed by atoms with Gasteiger partial charge >= 0.3 is 0 Å². The van der Waals surface area contributed by atoms with Crippen LogP contribution in [-0.4, -0.2) is 21.9 Å². The summed E-state index contributed by atoms with van der Waals surface area (Å²) in [5, 5.41) is 3.04. The van der Waals surface area contributed by atoms with Gasteiger partial charge in [-0.15, -0.1) is 0 Å². The van der Waals surface area contributed by atoms with Crippen LogP contribution in [0.4, 0.5) is 5.95 Å². The normalized spacial score (nSPS) is 14.5. The van der Waals surface area contributed by atoms with Crippen LogP contribution in [0.25, 0.3) is 11.3 Å². The molecule has 5 heteroatoms. The monoisotopic (exact) mass is 282 g/mol. The van der Waals surface area contributed by atoms with Crippen LogP contribution < -0.4 is 11.1 Å². The zero-order chi connectivity index (χ0) is 14.8. The maximum absolute atomic E-state index is 12.2. The maximum Gasteiger partial charge on any atom is 0.251 e. The average molecular weight is 282 g/mol. The van der Waals surface area contributed by atoms with E-state index >= 15 is 0 Å². The van der Waals surface area contributed by atoms with Crippen LogP contribution in [0.5, 0.6) is 0 Å². The van der Waals surface area contributed by atoms with E-state index in [-0.39, 0.29) is 11.9 Å². The standard InChI is InChI=1S/C16H18N4O/c1-10-8-14(20-16(17)18-10)11-4-2-5-12(9-11)15(21)19-13-6-3-7-13/h2,4-5,8-9,13H,3,6-7H2,1H3,(H,19,21)(H2,17,18,20). The summed E-state index contributed by atoms with van der Waals surface area (Å²) in [6.45, 7) is 1.87. The van der Waals surface area contributed by atoms with Crippen molar-refractivity contribution in [3.8, 4) is 11.3 Å². The van der Waals surface area contributed by atoms with E-state index in [0.29, 0.717) is 11.6 Å². The zero-order valence-corrected chi connectivity index (χ0v) is 12.0. The predicted molar refractivity (Wildman–Crippen MR) is 81.7 cm³/mol. The molecule has 1 saturated carbocycles. The number of carbonyl (C=O) groups is 1. The largest absolute Gasteiger partial charge is 0.368 e. The van der Waals surface area contributed by atoms with Gasteiger partial charge in [-0.05, 0) is 44.4 Å². The number of nitrogens with one attached hydrogen (secondary N) is 1. The van der Waals surface area contributed by atoms with Gasteiger partial charge in [0.05, 0.1) is 5.69 Å². The Morgan fingerprint density at radius 3 is 2.76 bits per heavy atom. The van der Waals surface area contributed by atoms with Gasteiger partial charge in [0, 0.05) is 22.9 Å². The number of hydrogen-bond donors (Lipinski definition) is 2. The van der Waals surface area contributed by atoms with Crippen molar-refractivity contribution in [2.45, 2.75) is 32.2 Å². The van der Waals surface area contributed by atoms with E-state index in [1.54, 1.807) is 0 Å². The molecule has 1 aromatic carbocycles. The van der Waals surface area contributed by atoms with Crippen molar-refractivity contribution in [1.82, 2.24) is 15.3 Å². The third-order valence-corrected chi connectivity index (χ3v) is 3.73. The van der Waals surface area contributed by atoms with E-state index in [2.05, 4.69) is 15.3 Å². The van der Waals surface area contributed by atoms with Gasteiger partial charge in [-0.3, -0.25) is 4.79 Å². The Hall–Kier alpha value is -2.43. The molecule has 1 aliphatic carbocycles. The van der Waals surface area contributed by atoms with Gasteiger partial charge in [0.25, 0.3) is 5.91 Å². The Morgan fingerprint density at radius 1 is 1.29 bits per heavy atom. The number of carbonyl (C=O) groups excluding carboxylic acids is 1. The molecule has 0 saturated heterocycles. The van der Waals surface area contributed by atoms with E-state index in [1.165, 1.54) is 6.42 Å². The lowest BCUT2D eigenvalue weighted by Gasteiger charge is -2.26. The van der Waals surface area contributed by atoms with Crippen molar-refractivity contribution in [3.05, 3.63) is 41.6 Å². The fourth-order valence-electron chi connectivity index (χ4n) is 2.38. The molecule has 0 atom stereocenters. The Bertz CT molecular complexity index is 659. The van der Waals surface area contributed by atoms with Crippen LogP contribution in [0, 0.1) is 6.92 Å². The quantitative estimate of drug-likeness (QED) is 0.905.